The predicted octanol–water partition coefficient (Wildman–Crippen LogP) is 3.02. The highest BCUT2D eigenvalue weighted by Crippen LogP contribution is 2.36. The molecule has 1 aliphatic rings. The molecule has 2 unspecified atom stereocenters. The summed E-state index contributed by atoms with van der Waals surface area (Å²) in [6, 6.07) is 8.76. The Labute approximate surface area is 148 Å². The number of aromatic carboxylic acids is 1. The van der Waals surface area contributed by atoms with Crippen molar-refractivity contribution in [2.24, 2.45) is 0 Å². The van der Waals surface area contributed by atoms with Crippen LogP contribution in [-0.2, 0) is 0 Å². The number of halogens is 1. The molecule has 3 aromatic rings. The van der Waals surface area contributed by atoms with Gasteiger partial charge in [0.1, 0.15) is 11.6 Å². The predicted molar refractivity (Wildman–Crippen MR) is 92.9 cm³/mol. The van der Waals surface area contributed by atoms with E-state index in [0.717, 1.165) is 30.5 Å². The number of fused-ring (bicyclic) bond motifs is 1. The SMILES string of the molecule is Cc1cc(NC2CCC(c3cccc(F)c3)C2)n2nc(C(=O)O)nc2n1. The number of anilines is 1. The van der Waals surface area contributed by atoms with Gasteiger partial charge in [-0.1, -0.05) is 12.1 Å². The van der Waals surface area contributed by atoms with E-state index in [4.69, 9.17) is 5.11 Å². The zero-order valence-corrected chi connectivity index (χ0v) is 14.2. The molecule has 0 amide bonds. The van der Waals surface area contributed by atoms with Crippen LogP contribution in [0.2, 0.25) is 0 Å². The number of carbonyl (C=O) groups is 1. The van der Waals surface area contributed by atoms with Gasteiger partial charge < -0.3 is 10.4 Å². The molecule has 0 spiro atoms. The van der Waals surface area contributed by atoms with Crippen molar-refractivity contribution in [1.82, 2.24) is 19.6 Å². The Morgan fingerprint density at radius 2 is 2.15 bits per heavy atom. The molecule has 0 radical (unpaired) electrons. The van der Waals surface area contributed by atoms with Gasteiger partial charge in [0.15, 0.2) is 0 Å². The molecule has 1 aromatic carbocycles. The summed E-state index contributed by atoms with van der Waals surface area (Å²) < 4.78 is 14.9. The lowest BCUT2D eigenvalue weighted by atomic mass is 9.97. The molecule has 134 valence electrons. The highest BCUT2D eigenvalue weighted by molar-refractivity contribution is 5.83. The van der Waals surface area contributed by atoms with Crippen molar-refractivity contribution >= 4 is 17.6 Å². The van der Waals surface area contributed by atoms with Crippen molar-refractivity contribution in [3.05, 3.63) is 53.2 Å². The molecule has 0 saturated heterocycles. The van der Waals surface area contributed by atoms with E-state index in [1.165, 1.54) is 10.6 Å². The van der Waals surface area contributed by atoms with Gasteiger partial charge in [0, 0.05) is 17.8 Å². The van der Waals surface area contributed by atoms with Crippen LogP contribution in [0.1, 0.15) is 47.1 Å². The molecule has 0 bridgehead atoms. The summed E-state index contributed by atoms with van der Waals surface area (Å²) in [5.74, 6) is -0.468. The monoisotopic (exact) mass is 355 g/mol. The van der Waals surface area contributed by atoms with Crippen LogP contribution < -0.4 is 5.32 Å². The molecule has 2 aromatic heterocycles. The second-order valence-corrected chi connectivity index (χ2v) is 6.64. The molecule has 2 heterocycles. The fourth-order valence-corrected chi connectivity index (χ4v) is 3.57. The lowest BCUT2D eigenvalue weighted by Crippen LogP contribution is -2.18. The summed E-state index contributed by atoms with van der Waals surface area (Å²) >= 11 is 0. The number of benzene rings is 1. The minimum atomic E-state index is -1.19. The molecule has 2 atom stereocenters. The maximum Gasteiger partial charge on any atom is 0.375 e. The summed E-state index contributed by atoms with van der Waals surface area (Å²) in [6.45, 7) is 1.82. The average molecular weight is 355 g/mol. The van der Waals surface area contributed by atoms with Crippen molar-refractivity contribution in [2.45, 2.75) is 38.1 Å². The number of nitrogens with one attached hydrogen (secondary N) is 1. The average Bonchev–Trinajstić information content (AvgIpc) is 3.21. The first-order valence-corrected chi connectivity index (χ1v) is 8.49. The third-order valence-electron chi connectivity index (χ3n) is 4.74. The Bertz CT molecular complexity index is 987. The van der Waals surface area contributed by atoms with Crippen molar-refractivity contribution in [3.63, 3.8) is 0 Å². The molecular weight excluding hydrogens is 337 g/mol. The highest BCUT2D eigenvalue weighted by atomic mass is 19.1. The van der Waals surface area contributed by atoms with Crippen molar-refractivity contribution < 1.29 is 14.3 Å². The van der Waals surface area contributed by atoms with Gasteiger partial charge in [-0.3, -0.25) is 0 Å². The van der Waals surface area contributed by atoms with Gasteiger partial charge in [0.05, 0.1) is 0 Å². The number of aromatic nitrogens is 4. The summed E-state index contributed by atoms with van der Waals surface area (Å²) in [7, 11) is 0. The number of aryl methyl sites for hydroxylation is 1. The zero-order valence-electron chi connectivity index (χ0n) is 14.2. The maximum absolute atomic E-state index is 13.5. The summed E-state index contributed by atoms with van der Waals surface area (Å²) in [5.41, 5.74) is 1.74. The van der Waals surface area contributed by atoms with E-state index >= 15 is 0 Å². The van der Waals surface area contributed by atoms with Gasteiger partial charge in [-0.2, -0.15) is 9.50 Å². The van der Waals surface area contributed by atoms with Gasteiger partial charge in [-0.05, 0) is 49.8 Å². The van der Waals surface area contributed by atoms with Gasteiger partial charge in [0.25, 0.3) is 11.6 Å². The highest BCUT2D eigenvalue weighted by Gasteiger charge is 2.27. The third-order valence-corrected chi connectivity index (χ3v) is 4.74. The zero-order chi connectivity index (χ0) is 18.3. The normalized spacial score (nSPS) is 19.8. The first-order valence-electron chi connectivity index (χ1n) is 8.49. The van der Waals surface area contributed by atoms with Crippen LogP contribution in [-0.4, -0.2) is 36.7 Å². The molecule has 1 aliphatic carbocycles. The third kappa shape index (κ3) is 3.10. The quantitative estimate of drug-likeness (QED) is 0.747. The van der Waals surface area contributed by atoms with Gasteiger partial charge >= 0.3 is 5.97 Å². The van der Waals surface area contributed by atoms with E-state index in [1.54, 1.807) is 12.1 Å². The first-order chi connectivity index (χ1) is 12.5. The van der Waals surface area contributed by atoms with Crippen LogP contribution in [0.3, 0.4) is 0 Å². The molecule has 0 aliphatic heterocycles. The molecule has 7 nitrogen and oxygen atoms in total. The Hall–Kier alpha value is -3.03. The number of carboxylic acid groups (broad SMARTS) is 1. The van der Waals surface area contributed by atoms with Crippen LogP contribution in [0, 0.1) is 12.7 Å². The van der Waals surface area contributed by atoms with E-state index in [9.17, 15) is 9.18 Å². The van der Waals surface area contributed by atoms with Gasteiger partial charge in [0.2, 0.25) is 0 Å². The van der Waals surface area contributed by atoms with E-state index in [0.29, 0.717) is 11.7 Å². The minimum Gasteiger partial charge on any atom is -0.475 e. The topological polar surface area (TPSA) is 92.4 Å². The molecule has 1 fully saturated rings. The van der Waals surface area contributed by atoms with Gasteiger partial charge in [-0.25, -0.2) is 14.2 Å². The Kier molecular flexibility index (Phi) is 4.02. The van der Waals surface area contributed by atoms with Crippen molar-refractivity contribution in [2.75, 3.05) is 5.32 Å². The largest absolute Gasteiger partial charge is 0.475 e. The van der Waals surface area contributed by atoms with Crippen LogP contribution in [0.25, 0.3) is 5.78 Å². The Morgan fingerprint density at radius 1 is 1.31 bits per heavy atom. The molecule has 8 heteroatoms. The van der Waals surface area contributed by atoms with Gasteiger partial charge in [-0.15, -0.1) is 5.10 Å². The Balaban J connectivity index is 1.57. The van der Waals surface area contributed by atoms with Crippen LogP contribution in [0.4, 0.5) is 10.2 Å². The fraction of sp³-hybridized carbons (Fsp3) is 0.333. The van der Waals surface area contributed by atoms with Crippen molar-refractivity contribution in [3.8, 4) is 0 Å². The minimum absolute atomic E-state index is 0.186. The molecule has 26 heavy (non-hydrogen) atoms. The van der Waals surface area contributed by atoms with E-state index in [2.05, 4.69) is 20.4 Å². The van der Waals surface area contributed by atoms with E-state index in [1.807, 2.05) is 19.1 Å². The summed E-state index contributed by atoms with van der Waals surface area (Å²) in [6.07, 6.45) is 2.77. The summed E-state index contributed by atoms with van der Waals surface area (Å²) in [4.78, 5) is 19.3. The molecular formula is C18H18FN5O2. The molecule has 2 N–H and O–H groups in total. The Morgan fingerprint density at radius 3 is 2.92 bits per heavy atom. The summed E-state index contributed by atoms with van der Waals surface area (Å²) in [5, 5.41) is 16.5. The van der Waals surface area contributed by atoms with E-state index in [-0.39, 0.29) is 23.5 Å². The number of hydrogen-bond acceptors (Lipinski definition) is 5. The second kappa shape index (κ2) is 6.36. The number of hydrogen-bond donors (Lipinski definition) is 2. The van der Waals surface area contributed by atoms with Crippen LogP contribution in [0.15, 0.2) is 30.3 Å². The molecule has 4 rings (SSSR count). The van der Waals surface area contributed by atoms with Crippen molar-refractivity contribution in [1.29, 1.82) is 0 Å². The number of nitrogens with zero attached hydrogens (tertiary/aromatic N) is 4. The van der Waals surface area contributed by atoms with Crippen LogP contribution >= 0.6 is 0 Å². The number of carboxylic acids is 1. The first kappa shape index (κ1) is 16.4. The lowest BCUT2D eigenvalue weighted by molar-refractivity contribution is 0.0684. The number of rotatable bonds is 4. The van der Waals surface area contributed by atoms with Crippen LogP contribution in [0.5, 0.6) is 0 Å². The van der Waals surface area contributed by atoms with E-state index < -0.39 is 5.97 Å². The second-order valence-electron chi connectivity index (χ2n) is 6.64. The maximum atomic E-state index is 13.5. The molecule has 1 saturated carbocycles. The standard InChI is InChI=1S/C18H18FN5O2/c1-10-7-15(24-18(20-10)22-16(23-24)17(25)26)21-14-6-5-12(9-14)11-3-2-4-13(19)8-11/h2-4,7-8,12,14,21H,5-6,9H2,1H3,(H,25,26). The lowest BCUT2D eigenvalue weighted by Gasteiger charge is -2.16. The fourth-order valence-electron chi connectivity index (χ4n) is 3.57. The smallest absolute Gasteiger partial charge is 0.375 e.